The lowest BCUT2D eigenvalue weighted by Crippen LogP contribution is -2.21. The molecule has 0 saturated carbocycles. The van der Waals surface area contributed by atoms with Gasteiger partial charge in [-0.05, 0) is 6.07 Å². The Hall–Kier alpha value is -0.550. The number of alkyl halides is 3. The lowest BCUT2D eigenvalue weighted by molar-refractivity contribution is -0.0834. The standard InChI is InChI=1S/C11H12BrF3O/c1-11(14,15)7-16-10(6-12)8-4-2-3-5-9(8)13/h2-5,10H,6-7H2,1H3. The predicted molar refractivity (Wildman–Crippen MR) is 59.5 cm³/mol. The minimum atomic E-state index is -2.91. The van der Waals surface area contributed by atoms with Crippen molar-refractivity contribution in [1.29, 1.82) is 0 Å². The van der Waals surface area contributed by atoms with Gasteiger partial charge >= 0.3 is 0 Å². The summed E-state index contributed by atoms with van der Waals surface area (Å²) in [4.78, 5) is 0. The Kier molecular flexibility index (Phi) is 4.80. The van der Waals surface area contributed by atoms with E-state index in [-0.39, 0.29) is 10.9 Å². The van der Waals surface area contributed by atoms with Gasteiger partial charge in [0.15, 0.2) is 0 Å². The average Bonchev–Trinajstić information content (AvgIpc) is 2.20. The number of ether oxygens (including phenoxy) is 1. The molecule has 0 heterocycles. The van der Waals surface area contributed by atoms with Gasteiger partial charge in [-0.25, -0.2) is 13.2 Å². The largest absolute Gasteiger partial charge is 0.366 e. The van der Waals surface area contributed by atoms with Crippen LogP contribution >= 0.6 is 15.9 Å². The maximum Gasteiger partial charge on any atom is 0.268 e. The molecule has 0 saturated heterocycles. The van der Waals surface area contributed by atoms with Crippen LogP contribution in [0.25, 0.3) is 0 Å². The lowest BCUT2D eigenvalue weighted by Gasteiger charge is -2.19. The van der Waals surface area contributed by atoms with Crippen LogP contribution in [-0.4, -0.2) is 17.9 Å². The van der Waals surface area contributed by atoms with Gasteiger partial charge in [0.05, 0.1) is 6.10 Å². The first-order valence-electron chi connectivity index (χ1n) is 4.74. The monoisotopic (exact) mass is 296 g/mol. The topological polar surface area (TPSA) is 9.23 Å². The quantitative estimate of drug-likeness (QED) is 0.748. The molecule has 1 unspecified atom stereocenters. The molecule has 0 aliphatic carbocycles. The smallest absolute Gasteiger partial charge is 0.268 e. The van der Waals surface area contributed by atoms with E-state index < -0.39 is 24.5 Å². The molecule has 0 bridgehead atoms. The van der Waals surface area contributed by atoms with Gasteiger partial charge in [0, 0.05) is 17.8 Å². The zero-order valence-electron chi connectivity index (χ0n) is 8.72. The van der Waals surface area contributed by atoms with Gasteiger partial charge in [-0.15, -0.1) is 0 Å². The molecule has 0 aliphatic rings. The van der Waals surface area contributed by atoms with E-state index >= 15 is 0 Å². The molecule has 1 atom stereocenters. The second kappa shape index (κ2) is 5.68. The summed E-state index contributed by atoms with van der Waals surface area (Å²) in [6, 6.07) is 5.98. The molecule has 0 spiro atoms. The van der Waals surface area contributed by atoms with E-state index in [4.69, 9.17) is 4.74 Å². The van der Waals surface area contributed by atoms with Crippen LogP contribution in [0, 0.1) is 5.82 Å². The van der Waals surface area contributed by atoms with Gasteiger partial charge in [-0.3, -0.25) is 0 Å². The van der Waals surface area contributed by atoms with Crippen molar-refractivity contribution < 1.29 is 17.9 Å². The van der Waals surface area contributed by atoms with Crippen LogP contribution in [-0.2, 0) is 4.74 Å². The fourth-order valence-corrected chi connectivity index (χ4v) is 1.74. The number of hydrogen-bond donors (Lipinski definition) is 0. The van der Waals surface area contributed by atoms with Crippen LogP contribution in [0.5, 0.6) is 0 Å². The third-order valence-electron chi connectivity index (χ3n) is 1.93. The van der Waals surface area contributed by atoms with Crippen LogP contribution in [0.3, 0.4) is 0 Å². The summed E-state index contributed by atoms with van der Waals surface area (Å²) in [6.07, 6.45) is -0.702. The first kappa shape index (κ1) is 13.5. The maximum absolute atomic E-state index is 13.4. The van der Waals surface area contributed by atoms with E-state index in [0.29, 0.717) is 0 Å². The number of halogens is 4. The fourth-order valence-electron chi connectivity index (χ4n) is 1.20. The molecule has 90 valence electrons. The van der Waals surface area contributed by atoms with Crippen molar-refractivity contribution in [3.8, 4) is 0 Å². The summed E-state index contributed by atoms with van der Waals surface area (Å²) in [6.45, 7) is 0.0389. The van der Waals surface area contributed by atoms with Crippen LogP contribution in [0.15, 0.2) is 24.3 Å². The van der Waals surface area contributed by atoms with Crippen LogP contribution in [0.2, 0.25) is 0 Å². The molecule has 1 aromatic rings. The van der Waals surface area contributed by atoms with E-state index in [2.05, 4.69) is 15.9 Å². The second-order valence-electron chi connectivity index (χ2n) is 3.55. The van der Waals surface area contributed by atoms with E-state index in [1.807, 2.05) is 0 Å². The van der Waals surface area contributed by atoms with Gasteiger partial charge < -0.3 is 4.74 Å². The Bertz CT molecular complexity index is 338. The van der Waals surface area contributed by atoms with Gasteiger partial charge in [0.25, 0.3) is 5.92 Å². The molecule has 0 radical (unpaired) electrons. The zero-order chi connectivity index (χ0) is 12.2. The molecule has 5 heteroatoms. The highest BCUT2D eigenvalue weighted by atomic mass is 79.9. The molecule has 1 aromatic carbocycles. The predicted octanol–water partition coefficient (Wildman–Crippen LogP) is 3.93. The molecule has 1 nitrogen and oxygen atoms in total. The van der Waals surface area contributed by atoms with Crippen molar-refractivity contribution in [3.05, 3.63) is 35.6 Å². The maximum atomic E-state index is 13.4. The van der Waals surface area contributed by atoms with Crippen LogP contribution < -0.4 is 0 Å². The second-order valence-corrected chi connectivity index (χ2v) is 4.19. The number of rotatable bonds is 5. The summed E-state index contributed by atoms with van der Waals surface area (Å²) < 4.78 is 43.5. The third kappa shape index (κ3) is 4.14. The number of benzene rings is 1. The lowest BCUT2D eigenvalue weighted by atomic mass is 10.1. The van der Waals surface area contributed by atoms with E-state index in [1.165, 1.54) is 12.1 Å². The van der Waals surface area contributed by atoms with Gasteiger partial charge in [-0.2, -0.15) is 0 Å². The average molecular weight is 297 g/mol. The minimum Gasteiger partial charge on any atom is -0.366 e. The fraction of sp³-hybridized carbons (Fsp3) is 0.455. The SMILES string of the molecule is CC(F)(F)COC(CBr)c1ccccc1F. The Morgan fingerprint density at radius 3 is 2.50 bits per heavy atom. The van der Waals surface area contributed by atoms with E-state index in [9.17, 15) is 13.2 Å². The molecule has 0 amide bonds. The summed E-state index contributed by atoms with van der Waals surface area (Å²) in [5, 5.41) is 0.268. The highest BCUT2D eigenvalue weighted by Gasteiger charge is 2.25. The minimum absolute atomic E-state index is 0.268. The molecule has 1 rings (SSSR count). The van der Waals surface area contributed by atoms with Crippen LogP contribution in [0.1, 0.15) is 18.6 Å². The first-order chi connectivity index (χ1) is 7.44. The molecule has 16 heavy (non-hydrogen) atoms. The van der Waals surface area contributed by atoms with Crippen LogP contribution in [0.4, 0.5) is 13.2 Å². The van der Waals surface area contributed by atoms with E-state index in [1.54, 1.807) is 12.1 Å². The Morgan fingerprint density at radius 2 is 2.00 bits per heavy atom. The third-order valence-corrected chi connectivity index (χ3v) is 2.52. The molecule has 0 aromatic heterocycles. The highest BCUT2D eigenvalue weighted by Crippen LogP contribution is 2.25. The van der Waals surface area contributed by atoms with Crippen molar-refractivity contribution >= 4 is 15.9 Å². The molecular formula is C11H12BrF3O. The van der Waals surface area contributed by atoms with Crippen molar-refractivity contribution in [3.63, 3.8) is 0 Å². The van der Waals surface area contributed by atoms with Crippen molar-refractivity contribution in [1.82, 2.24) is 0 Å². The molecular weight excluding hydrogens is 285 g/mol. The summed E-state index contributed by atoms with van der Waals surface area (Å²) >= 11 is 3.12. The van der Waals surface area contributed by atoms with Crippen molar-refractivity contribution in [2.24, 2.45) is 0 Å². The Balaban J connectivity index is 2.72. The Morgan fingerprint density at radius 1 is 1.38 bits per heavy atom. The van der Waals surface area contributed by atoms with Gasteiger partial charge in [0.2, 0.25) is 0 Å². The van der Waals surface area contributed by atoms with Gasteiger partial charge in [-0.1, -0.05) is 34.1 Å². The molecule has 0 aliphatic heterocycles. The summed E-state index contributed by atoms with van der Waals surface area (Å²) in [5.74, 6) is -3.36. The summed E-state index contributed by atoms with van der Waals surface area (Å²) in [7, 11) is 0. The first-order valence-corrected chi connectivity index (χ1v) is 5.86. The zero-order valence-corrected chi connectivity index (χ0v) is 10.3. The molecule has 0 N–H and O–H groups in total. The van der Waals surface area contributed by atoms with Crippen molar-refractivity contribution in [2.45, 2.75) is 19.0 Å². The van der Waals surface area contributed by atoms with E-state index in [0.717, 1.165) is 6.92 Å². The normalized spacial score (nSPS) is 13.8. The summed E-state index contributed by atoms with van der Waals surface area (Å²) in [5.41, 5.74) is 0.281. The van der Waals surface area contributed by atoms with Crippen molar-refractivity contribution in [2.75, 3.05) is 11.9 Å². The molecule has 0 fully saturated rings. The van der Waals surface area contributed by atoms with Gasteiger partial charge in [0.1, 0.15) is 12.4 Å². The Labute approximate surface area is 101 Å². The number of hydrogen-bond acceptors (Lipinski definition) is 1. The highest BCUT2D eigenvalue weighted by molar-refractivity contribution is 9.09.